The van der Waals surface area contributed by atoms with Crippen LogP contribution in [0.1, 0.15) is 18.4 Å². The molecule has 0 unspecified atom stereocenters. The number of ether oxygens (including phenoxy) is 2. The van der Waals surface area contributed by atoms with Gasteiger partial charge in [-0.25, -0.2) is 0 Å². The zero-order valence-electron chi connectivity index (χ0n) is 15.8. The van der Waals surface area contributed by atoms with Crippen LogP contribution >= 0.6 is 11.6 Å². The number of carbonyl (C=O) groups excluding carboxylic acids is 2. The minimum Gasteiger partial charge on any atom is -0.454 e. The Bertz CT molecular complexity index is 934. The van der Waals surface area contributed by atoms with Crippen molar-refractivity contribution in [2.45, 2.75) is 12.8 Å². The number of amides is 2. The molecule has 1 saturated heterocycles. The second kappa shape index (κ2) is 8.57. The highest BCUT2D eigenvalue weighted by atomic mass is 35.5. The molecule has 2 aliphatic heterocycles. The quantitative estimate of drug-likeness (QED) is 0.772. The average molecular weight is 413 g/mol. The molecule has 0 atom stereocenters. The van der Waals surface area contributed by atoms with E-state index < -0.39 is 0 Å². The van der Waals surface area contributed by atoms with Crippen LogP contribution in [0.2, 0.25) is 5.02 Å². The predicted molar refractivity (Wildman–Crippen MR) is 111 cm³/mol. The second-order valence-electron chi connectivity index (χ2n) is 7.04. The third-order valence-corrected chi connectivity index (χ3v) is 5.36. The van der Waals surface area contributed by atoms with Crippen LogP contribution in [0.25, 0.3) is 6.08 Å². The summed E-state index contributed by atoms with van der Waals surface area (Å²) in [5, 5.41) is 3.60. The third-order valence-electron chi connectivity index (χ3n) is 5.11. The van der Waals surface area contributed by atoms with Crippen molar-refractivity contribution in [3.05, 3.63) is 59.1 Å². The van der Waals surface area contributed by atoms with Crippen molar-refractivity contribution >= 4 is 35.2 Å². The van der Waals surface area contributed by atoms with E-state index in [1.165, 1.54) is 0 Å². The van der Waals surface area contributed by atoms with Gasteiger partial charge in [-0.3, -0.25) is 9.59 Å². The maximum absolute atomic E-state index is 12.6. The van der Waals surface area contributed by atoms with E-state index in [-0.39, 0.29) is 24.5 Å². The van der Waals surface area contributed by atoms with Crippen LogP contribution in [0.4, 0.5) is 5.69 Å². The van der Waals surface area contributed by atoms with E-state index in [1.54, 1.807) is 47.4 Å². The molecule has 0 aliphatic carbocycles. The Balaban J connectivity index is 1.27. The maximum atomic E-state index is 12.6. The Labute approximate surface area is 174 Å². The van der Waals surface area contributed by atoms with Gasteiger partial charge in [0.1, 0.15) is 0 Å². The topological polar surface area (TPSA) is 67.9 Å². The molecule has 2 heterocycles. The van der Waals surface area contributed by atoms with E-state index in [2.05, 4.69) is 5.32 Å². The summed E-state index contributed by atoms with van der Waals surface area (Å²) in [7, 11) is 0. The van der Waals surface area contributed by atoms with Gasteiger partial charge in [0.2, 0.25) is 18.6 Å². The highest BCUT2D eigenvalue weighted by Crippen LogP contribution is 2.34. The maximum Gasteiger partial charge on any atom is 0.246 e. The lowest BCUT2D eigenvalue weighted by molar-refractivity contribution is -0.130. The molecule has 7 heteroatoms. The van der Waals surface area contributed by atoms with Crippen molar-refractivity contribution in [3.63, 3.8) is 0 Å². The first-order valence-corrected chi connectivity index (χ1v) is 9.89. The zero-order chi connectivity index (χ0) is 20.2. The van der Waals surface area contributed by atoms with Crippen molar-refractivity contribution in [3.8, 4) is 11.5 Å². The predicted octanol–water partition coefficient (Wildman–Crippen LogP) is 3.96. The lowest BCUT2D eigenvalue weighted by Gasteiger charge is -2.30. The van der Waals surface area contributed by atoms with Gasteiger partial charge in [0.05, 0.1) is 0 Å². The Morgan fingerprint density at radius 1 is 1.03 bits per heavy atom. The van der Waals surface area contributed by atoms with Crippen LogP contribution < -0.4 is 14.8 Å². The van der Waals surface area contributed by atoms with E-state index in [0.29, 0.717) is 48.1 Å². The number of anilines is 1. The molecule has 2 aromatic carbocycles. The summed E-state index contributed by atoms with van der Waals surface area (Å²) in [5.41, 5.74) is 1.60. The summed E-state index contributed by atoms with van der Waals surface area (Å²) in [5.74, 6) is 1.11. The highest BCUT2D eigenvalue weighted by Gasteiger charge is 2.27. The largest absolute Gasteiger partial charge is 0.454 e. The molecule has 2 aliphatic rings. The summed E-state index contributed by atoms with van der Waals surface area (Å²) in [6.45, 7) is 1.32. The normalized spacial score (nSPS) is 16.2. The van der Waals surface area contributed by atoms with E-state index >= 15 is 0 Å². The van der Waals surface area contributed by atoms with Gasteiger partial charge in [-0.2, -0.15) is 0 Å². The lowest BCUT2D eigenvalue weighted by atomic mass is 9.95. The number of benzene rings is 2. The van der Waals surface area contributed by atoms with Gasteiger partial charge in [-0.05, 0) is 48.7 Å². The van der Waals surface area contributed by atoms with Gasteiger partial charge >= 0.3 is 0 Å². The number of piperidine rings is 1. The molecule has 0 saturated carbocycles. The average Bonchev–Trinajstić information content (AvgIpc) is 3.21. The summed E-state index contributed by atoms with van der Waals surface area (Å²) in [6.07, 6.45) is 4.61. The Hall–Kier alpha value is -2.99. The molecule has 150 valence electrons. The standard InChI is InChI=1S/C22H21ClN2O4/c23-17-4-1-15(2-5-17)3-8-21(26)25-11-9-16(10-12-25)22(27)24-18-6-7-19-20(13-18)29-14-28-19/h1-8,13,16H,9-12,14H2,(H,24,27)/b8-3+. The van der Waals surface area contributed by atoms with Gasteiger partial charge < -0.3 is 19.7 Å². The summed E-state index contributed by atoms with van der Waals surface area (Å²) in [4.78, 5) is 26.7. The van der Waals surface area contributed by atoms with E-state index in [1.807, 2.05) is 12.1 Å². The molecular weight excluding hydrogens is 392 g/mol. The van der Waals surface area contributed by atoms with E-state index in [9.17, 15) is 9.59 Å². The van der Waals surface area contributed by atoms with Gasteiger partial charge in [0.25, 0.3) is 0 Å². The second-order valence-corrected chi connectivity index (χ2v) is 7.48. The van der Waals surface area contributed by atoms with Crippen molar-refractivity contribution in [1.82, 2.24) is 4.90 Å². The van der Waals surface area contributed by atoms with Crippen molar-refractivity contribution < 1.29 is 19.1 Å². The van der Waals surface area contributed by atoms with Crippen molar-refractivity contribution in [2.24, 2.45) is 5.92 Å². The number of carbonyl (C=O) groups is 2. The Morgan fingerprint density at radius 2 is 1.76 bits per heavy atom. The lowest BCUT2D eigenvalue weighted by Crippen LogP contribution is -2.40. The minimum absolute atomic E-state index is 0.0346. The first-order chi connectivity index (χ1) is 14.1. The van der Waals surface area contributed by atoms with Gasteiger partial charge in [-0.1, -0.05) is 23.7 Å². The van der Waals surface area contributed by atoms with Gasteiger partial charge in [-0.15, -0.1) is 0 Å². The van der Waals surface area contributed by atoms with Crippen LogP contribution in [-0.4, -0.2) is 36.6 Å². The molecule has 29 heavy (non-hydrogen) atoms. The monoisotopic (exact) mass is 412 g/mol. The molecule has 1 N–H and O–H groups in total. The molecule has 0 spiro atoms. The smallest absolute Gasteiger partial charge is 0.246 e. The SMILES string of the molecule is O=C(Nc1ccc2c(c1)OCO2)C1CCN(C(=O)/C=C/c2ccc(Cl)cc2)CC1. The number of rotatable bonds is 4. The summed E-state index contributed by atoms with van der Waals surface area (Å²) < 4.78 is 10.6. The molecule has 2 amide bonds. The first-order valence-electron chi connectivity index (χ1n) is 9.51. The third kappa shape index (κ3) is 4.71. The fourth-order valence-electron chi connectivity index (χ4n) is 3.43. The molecule has 0 aromatic heterocycles. The summed E-state index contributed by atoms with van der Waals surface area (Å²) in [6, 6.07) is 12.6. The van der Waals surface area contributed by atoms with E-state index in [4.69, 9.17) is 21.1 Å². The number of nitrogens with zero attached hydrogens (tertiary/aromatic N) is 1. The molecule has 1 fully saturated rings. The number of hydrogen-bond acceptors (Lipinski definition) is 4. The minimum atomic E-state index is -0.121. The molecule has 6 nitrogen and oxygen atoms in total. The number of halogens is 1. The molecule has 0 bridgehead atoms. The molecule has 2 aromatic rings. The number of likely N-dealkylation sites (tertiary alicyclic amines) is 1. The van der Waals surface area contributed by atoms with Gasteiger partial charge in [0, 0.05) is 41.9 Å². The highest BCUT2D eigenvalue weighted by molar-refractivity contribution is 6.30. The van der Waals surface area contributed by atoms with Crippen LogP contribution in [0, 0.1) is 5.92 Å². The fourth-order valence-corrected chi connectivity index (χ4v) is 3.55. The van der Waals surface area contributed by atoms with Gasteiger partial charge in [0.15, 0.2) is 11.5 Å². The van der Waals surface area contributed by atoms with Crippen molar-refractivity contribution in [2.75, 3.05) is 25.2 Å². The fraction of sp³-hybridized carbons (Fsp3) is 0.273. The van der Waals surface area contributed by atoms with Crippen LogP contribution in [0.15, 0.2) is 48.5 Å². The van der Waals surface area contributed by atoms with Crippen molar-refractivity contribution in [1.29, 1.82) is 0 Å². The van der Waals surface area contributed by atoms with E-state index in [0.717, 1.165) is 5.56 Å². The van der Waals surface area contributed by atoms with Crippen LogP contribution in [0.3, 0.4) is 0 Å². The molecular formula is C22H21ClN2O4. The van der Waals surface area contributed by atoms with Crippen LogP contribution in [0.5, 0.6) is 11.5 Å². The summed E-state index contributed by atoms with van der Waals surface area (Å²) >= 11 is 5.87. The zero-order valence-corrected chi connectivity index (χ0v) is 16.5. The molecule has 0 radical (unpaired) electrons. The number of hydrogen-bond donors (Lipinski definition) is 1. The number of fused-ring (bicyclic) bond motifs is 1. The van der Waals surface area contributed by atoms with Crippen LogP contribution in [-0.2, 0) is 9.59 Å². The Kier molecular flexibility index (Phi) is 5.71. The number of nitrogens with one attached hydrogen (secondary N) is 1. The molecule has 4 rings (SSSR count). The first kappa shape index (κ1) is 19.3. The Morgan fingerprint density at radius 3 is 2.52 bits per heavy atom.